The molecule has 0 saturated heterocycles. The Morgan fingerprint density at radius 2 is 1.56 bits per heavy atom. The second-order valence-corrected chi connectivity index (χ2v) is 16.2. The Morgan fingerprint density at radius 3 is 2.00 bits per heavy atom. The highest BCUT2D eigenvalue weighted by molar-refractivity contribution is 8.29. The van der Waals surface area contributed by atoms with Gasteiger partial charge in [-0.15, -0.1) is 16.6 Å². The van der Waals surface area contributed by atoms with Crippen LogP contribution in [0.5, 0.6) is 0 Å². The van der Waals surface area contributed by atoms with Crippen molar-refractivity contribution in [2.75, 3.05) is 0 Å². The highest BCUT2D eigenvalue weighted by Crippen LogP contribution is 2.52. The van der Waals surface area contributed by atoms with E-state index in [0.29, 0.717) is 16.6 Å². The lowest BCUT2D eigenvalue weighted by atomic mass is 10.2. The van der Waals surface area contributed by atoms with Crippen LogP contribution in [-0.2, 0) is 7.05 Å². The van der Waals surface area contributed by atoms with Gasteiger partial charge in [0.2, 0.25) is 0 Å². The van der Waals surface area contributed by atoms with Gasteiger partial charge in [0.05, 0.1) is 5.69 Å². The average Bonchev–Trinajstić information content (AvgIpc) is 2.85. The number of aryl methyl sites for hydroxylation is 1. The molecule has 0 aliphatic carbocycles. The molecule has 0 bridgehead atoms. The summed E-state index contributed by atoms with van der Waals surface area (Å²) in [5, 5.41) is 7.85. The molecule has 0 fully saturated rings. The topological polar surface area (TPSA) is 52.7 Å². The van der Waals surface area contributed by atoms with Gasteiger partial charge in [-0.2, -0.15) is 9.36 Å². The van der Waals surface area contributed by atoms with Crippen LogP contribution in [0, 0.1) is 6.92 Å². The molecule has 0 N–H and O–H groups in total. The third-order valence-corrected chi connectivity index (χ3v) is 17.6. The molecule has 25 heavy (non-hydrogen) atoms. The minimum Gasteiger partial charge on any atom is -0.309 e. The summed E-state index contributed by atoms with van der Waals surface area (Å²) in [6.45, 7) is 16.3. The van der Waals surface area contributed by atoms with Crippen molar-refractivity contribution in [3.05, 3.63) is 34.2 Å². The molecule has 0 atom stereocenters. The van der Waals surface area contributed by atoms with E-state index in [4.69, 9.17) is 0 Å². The van der Waals surface area contributed by atoms with Crippen molar-refractivity contribution in [3.8, 4) is 5.69 Å². The fourth-order valence-corrected chi connectivity index (χ4v) is 13.4. The summed E-state index contributed by atoms with van der Waals surface area (Å²) in [4.78, 5) is 13.5. The second kappa shape index (κ2) is 7.49. The molecule has 2 aromatic rings. The number of aromatic nitrogens is 4. The van der Waals surface area contributed by atoms with Crippen LogP contribution in [0.15, 0.2) is 27.9 Å². The number of benzene rings is 1. The molecule has 5 nitrogen and oxygen atoms in total. The fraction of sp³-hybridized carbons (Fsp3) is 0.611. The monoisotopic (exact) mass is 378 g/mol. The van der Waals surface area contributed by atoms with E-state index in [1.165, 1.54) is 14.3 Å². The molecule has 0 spiro atoms. The van der Waals surface area contributed by atoms with Crippen molar-refractivity contribution in [1.82, 2.24) is 19.8 Å². The Morgan fingerprint density at radius 1 is 1.00 bits per heavy atom. The van der Waals surface area contributed by atoms with Gasteiger partial charge in [0.1, 0.15) is 0 Å². The van der Waals surface area contributed by atoms with Gasteiger partial charge in [-0.25, -0.2) is 4.79 Å². The predicted molar refractivity (Wildman–Crippen MR) is 108 cm³/mol. The first-order valence-electron chi connectivity index (χ1n) is 8.90. The minimum absolute atomic E-state index is 0.217. The van der Waals surface area contributed by atoms with Crippen molar-refractivity contribution in [1.29, 1.82) is 0 Å². The number of hydrogen-bond acceptors (Lipinski definition) is 4. The zero-order valence-corrected chi connectivity index (χ0v) is 18.4. The molecule has 0 amide bonds. The molecule has 1 heterocycles. The standard InChI is InChI=1S/C18H30N4OSSi/c1-12(2)25(13(3)4,14(5)6)24-17-11-9-10-16(15(17)7)22-18(23)21(8)19-20-22/h9-14H,1-8H3/q-1. The normalized spacial score (nSPS) is 12.6. The average molecular weight is 379 g/mol. The fourth-order valence-electron chi connectivity index (χ4n) is 3.95. The Hall–Kier alpha value is -1.34. The summed E-state index contributed by atoms with van der Waals surface area (Å²) in [5.74, 6) is 0. The molecule has 139 valence electrons. The summed E-state index contributed by atoms with van der Waals surface area (Å²) in [6.07, 6.45) is 0. The minimum atomic E-state index is -1.64. The van der Waals surface area contributed by atoms with Crippen LogP contribution in [0.4, 0.5) is 0 Å². The van der Waals surface area contributed by atoms with Crippen molar-refractivity contribution in [3.63, 3.8) is 0 Å². The molecule has 1 aromatic heterocycles. The summed E-state index contributed by atoms with van der Waals surface area (Å²) in [7, 11) is -0.0250. The lowest BCUT2D eigenvalue weighted by Gasteiger charge is -2.55. The summed E-state index contributed by atoms with van der Waals surface area (Å²) in [5.41, 5.74) is 3.71. The first-order chi connectivity index (χ1) is 11.6. The van der Waals surface area contributed by atoms with E-state index in [2.05, 4.69) is 76.2 Å². The lowest BCUT2D eigenvalue weighted by Crippen LogP contribution is -2.41. The zero-order chi connectivity index (χ0) is 18.9. The largest absolute Gasteiger partial charge is 0.368 e. The van der Waals surface area contributed by atoms with Gasteiger partial charge < -0.3 is 11.2 Å². The van der Waals surface area contributed by atoms with E-state index in [1.807, 2.05) is 12.1 Å². The van der Waals surface area contributed by atoms with Crippen LogP contribution in [-0.4, -0.2) is 27.0 Å². The Balaban J connectivity index is 2.56. The molecule has 0 aliphatic rings. The number of nitrogens with zero attached hydrogens (tertiary/aromatic N) is 4. The van der Waals surface area contributed by atoms with Gasteiger partial charge in [0.25, 0.3) is 0 Å². The Kier molecular flexibility index (Phi) is 5.99. The van der Waals surface area contributed by atoms with E-state index < -0.39 is 7.22 Å². The maximum absolute atomic E-state index is 12.2. The lowest BCUT2D eigenvalue weighted by molar-refractivity contribution is 0.692. The number of rotatable bonds is 6. The van der Waals surface area contributed by atoms with Gasteiger partial charge in [0.15, 0.2) is 0 Å². The molecule has 0 aliphatic heterocycles. The SMILES string of the molecule is Cc1c(S[Si-](C(C)C)(C(C)C)C(C)C)cccc1-n1nnn(C)c1=O. The summed E-state index contributed by atoms with van der Waals surface area (Å²) in [6, 6.07) is 6.14. The van der Waals surface area contributed by atoms with Crippen LogP contribution in [0.2, 0.25) is 16.6 Å². The first kappa shape index (κ1) is 20.0. The molecule has 1 aromatic carbocycles. The van der Waals surface area contributed by atoms with Crippen LogP contribution in [0.3, 0.4) is 0 Å². The quantitative estimate of drug-likeness (QED) is 0.692. The van der Waals surface area contributed by atoms with Crippen LogP contribution >= 0.6 is 11.2 Å². The third-order valence-electron chi connectivity index (χ3n) is 5.20. The molecular weight excluding hydrogens is 348 g/mol. The molecule has 0 saturated carbocycles. The number of hydrogen-bond donors (Lipinski definition) is 0. The highest BCUT2D eigenvalue weighted by Gasteiger charge is 2.32. The van der Waals surface area contributed by atoms with Crippen molar-refractivity contribution >= 4 is 18.4 Å². The highest BCUT2D eigenvalue weighted by atomic mass is 32.4. The third kappa shape index (κ3) is 3.49. The van der Waals surface area contributed by atoms with E-state index in [-0.39, 0.29) is 5.69 Å². The first-order valence-corrected chi connectivity index (χ1v) is 12.7. The van der Waals surface area contributed by atoms with Gasteiger partial charge >= 0.3 is 5.69 Å². The number of tetrazole rings is 1. The van der Waals surface area contributed by atoms with E-state index >= 15 is 0 Å². The van der Waals surface area contributed by atoms with Crippen molar-refractivity contribution in [2.24, 2.45) is 7.05 Å². The van der Waals surface area contributed by atoms with Crippen molar-refractivity contribution < 1.29 is 0 Å². The van der Waals surface area contributed by atoms with Gasteiger partial charge in [-0.1, -0.05) is 60.9 Å². The molecule has 7 heteroatoms. The predicted octanol–water partition coefficient (Wildman–Crippen LogP) is 4.54. The van der Waals surface area contributed by atoms with Crippen molar-refractivity contribution in [2.45, 2.75) is 70.0 Å². The Bertz CT molecular complexity index is 773. The van der Waals surface area contributed by atoms with Gasteiger partial charge in [-0.05, 0) is 33.9 Å². The van der Waals surface area contributed by atoms with Gasteiger partial charge in [-0.3, -0.25) is 0 Å². The van der Waals surface area contributed by atoms with Crippen LogP contribution in [0.25, 0.3) is 5.69 Å². The summed E-state index contributed by atoms with van der Waals surface area (Å²) >= 11 is 2.08. The second-order valence-electron chi connectivity index (χ2n) is 7.62. The molecular formula is C18H30N4OSSi-. The zero-order valence-electron chi connectivity index (χ0n) is 16.6. The molecule has 0 unspecified atom stereocenters. The van der Waals surface area contributed by atoms with Crippen LogP contribution in [0.1, 0.15) is 47.1 Å². The van der Waals surface area contributed by atoms with Gasteiger partial charge in [0, 0.05) is 7.05 Å². The maximum Gasteiger partial charge on any atom is 0.368 e. The van der Waals surface area contributed by atoms with E-state index in [1.54, 1.807) is 7.05 Å². The smallest absolute Gasteiger partial charge is 0.309 e. The molecule has 0 radical (unpaired) electrons. The maximum atomic E-state index is 12.2. The van der Waals surface area contributed by atoms with E-state index in [9.17, 15) is 4.79 Å². The van der Waals surface area contributed by atoms with Crippen LogP contribution < -0.4 is 5.69 Å². The summed E-state index contributed by atoms with van der Waals surface area (Å²) < 4.78 is 2.65. The Labute approximate surface area is 155 Å². The van der Waals surface area contributed by atoms with E-state index in [0.717, 1.165) is 11.3 Å². The molecule has 2 rings (SSSR count).